The first-order chi connectivity index (χ1) is 4.83. The lowest BCUT2D eigenvalue weighted by molar-refractivity contribution is 0.0746. The van der Waals surface area contributed by atoms with Gasteiger partial charge in [0.25, 0.3) is 0 Å². The number of piperidine rings is 1. The molecule has 2 nitrogen and oxygen atoms in total. The largest absolute Gasteiger partial charge is 0.392 e. The van der Waals surface area contributed by atoms with E-state index in [0.717, 1.165) is 25.9 Å². The summed E-state index contributed by atoms with van der Waals surface area (Å²) >= 11 is 2.37. The van der Waals surface area contributed by atoms with Crippen LogP contribution in [0.4, 0.5) is 0 Å². The van der Waals surface area contributed by atoms with Crippen molar-refractivity contribution < 1.29 is 5.11 Å². The van der Waals surface area contributed by atoms with Gasteiger partial charge in [-0.15, -0.1) is 0 Å². The van der Waals surface area contributed by atoms with E-state index < -0.39 is 0 Å². The lowest BCUT2D eigenvalue weighted by Crippen LogP contribution is -2.39. The predicted molar refractivity (Wildman–Crippen MR) is 50.6 cm³/mol. The summed E-state index contributed by atoms with van der Waals surface area (Å²) in [5.74, 6) is 0. The molecule has 0 aromatic carbocycles. The zero-order valence-electron chi connectivity index (χ0n) is 6.09. The molecule has 0 unspecified atom stereocenters. The van der Waals surface area contributed by atoms with Crippen molar-refractivity contribution in [1.82, 2.24) is 4.90 Å². The smallest absolute Gasteiger partial charge is 0.0667 e. The average molecular weight is 255 g/mol. The lowest BCUT2D eigenvalue weighted by Gasteiger charge is -2.29. The van der Waals surface area contributed by atoms with Crippen LogP contribution in [0.25, 0.3) is 0 Å². The predicted octanol–water partition coefficient (Wildman–Crippen LogP) is 0.878. The summed E-state index contributed by atoms with van der Waals surface area (Å²) in [5, 5.41) is 9.26. The van der Waals surface area contributed by atoms with E-state index in [-0.39, 0.29) is 6.10 Å². The van der Waals surface area contributed by atoms with Crippen LogP contribution in [0.3, 0.4) is 0 Å². The molecule has 0 bridgehead atoms. The maximum atomic E-state index is 9.26. The second-order valence-corrected chi connectivity index (χ2v) is 3.86. The van der Waals surface area contributed by atoms with Gasteiger partial charge in [0, 0.05) is 17.5 Å². The molecule has 1 rings (SSSR count). The zero-order valence-corrected chi connectivity index (χ0v) is 8.25. The molecule has 3 heteroatoms. The molecular formula is C7H14INO. The summed E-state index contributed by atoms with van der Waals surface area (Å²) in [6.07, 6.45) is 2.10. The molecule has 0 aromatic heterocycles. The van der Waals surface area contributed by atoms with Gasteiger partial charge in [-0.05, 0) is 19.4 Å². The standard InChI is InChI=1S/C7H14INO/c8-3-5-9-4-1-2-7(10)6-9/h7,10H,1-6H2/t7-/m0/s1. The SMILES string of the molecule is O[C@H]1CCCN(CCI)C1. The average Bonchev–Trinajstić information content (AvgIpc) is 1.88. The van der Waals surface area contributed by atoms with E-state index in [0.29, 0.717) is 0 Å². The van der Waals surface area contributed by atoms with Crippen LogP contribution in [-0.4, -0.2) is 40.2 Å². The Bertz CT molecular complexity index is 97.6. The lowest BCUT2D eigenvalue weighted by atomic mass is 10.1. The fourth-order valence-corrected chi connectivity index (χ4v) is 2.04. The van der Waals surface area contributed by atoms with Crippen molar-refractivity contribution >= 4 is 22.6 Å². The molecule has 1 aliphatic heterocycles. The number of hydrogen-bond acceptors (Lipinski definition) is 2. The van der Waals surface area contributed by atoms with Crippen LogP contribution in [0.15, 0.2) is 0 Å². The first-order valence-electron chi connectivity index (χ1n) is 3.79. The number of β-amino-alcohol motifs (C(OH)–C–C–N with tert-alkyl or cyclic N) is 1. The van der Waals surface area contributed by atoms with E-state index in [1.165, 1.54) is 11.0 Å². The van der Waals surface area contributed by atoms with E-state index in [4.69, 9.17) is 0 Å². The summed E-state index contributed by atoms with van der Waals surface area (Å²) in [6, 6.07) is 0. The Balaban J connectivity index is 2.18. The summed E-state index contributed by atoms with van der Waals surface area (Å²) in [6.45, 7) is 3.21. The minimum absolute atomic E-state index is 0.0586. The highest BCUT2D eigenvalue weighted by atomic mass is 127. The van der Waals surface area contributed by atoms with Gasteiger partial charge in [-0.1, -0.05) is 22.6 Å². The highest BCUT2D eigenvalue weighted by Crippen LogP contribution is 2.09. The van der Waals surface area contributed by atoms with Gasteiger partial charge < -0.3 is 10.0 Å². The summed E-state index contributed by atoms with van der Waals surface area (Å²) in [7, 11) is 0. The van der Waals surface area contributed by atoms with Gasteiger partial charge in [-0.2, -0.15) is 0 Å². The van der Waals surface area contributed by atoms with Crippen molar-refractivity contribution in [3.05, 3.63) is 0 Å². The Morgan fingerprint density at radius 3 is 3.00 bits per heavy atom. The zero-order chi connectivity index (χ0) is 7.40. The van der Waals surface area contributed by atoms with Gasteiger partial charge in [-0.25, -0.2) is 0 Å². The quantitative estimate of drug-likeness (QED) is 0.585. The van der Waals surface area contributed by atoms with E-state index in [2.05, 4.69) is 27.5 Å². The normalized spacial score (nSPS) is 28.8. The van der Waals surface area contributed by atoms with Gasteiger partial charge in [-0.3, -0.25) is 0 Å². The molecule has 1 aliphatic rings. The van der Waals surface area contributed by atoms with Crippen LogP contribution >= 0.6 is 22.6 Å². The number of halogens is 1. The van der Waals surface area contributed by atoms with Crippen molar-refractivity contribution in [1.29, 1.82) is 0 Å². The van der Waals surface area contributed by atoms with Crippen molar-refractivity contribution in [2.45, 2.75) is 18.9 Å². The molecule has 0 radical (unpaired) electrons. The molecule has 0 saturated carbocycles. The Morgan fingerprint density at radius 2 is 2.40 bits per heavy atom. The fourth-order valence-electron chi connectivity index (χ4n) is 1.35. The number of aliphatic hydroxyl groups excluding tert-OH is 1. The van der Waals surface area contributed by atoms with Crippen molar-refractivity contribution in [3.8, 4) is 0 Å². The number of nitrogens with zero attached hydrogens (tertiary/aromatic N) is 1. The molecule has 0 spiro atoms. The maximum Gasteiger partial charge on any atom is 0.0667 e. The van der Waals surface area contributed by atoms with Gasteiger partial charge >= 0.3 is 0 Å². The monoisotopic (exact) mass is 255 g/mol. The van der Waals surface area contributed by atoms with Gasteiger partial charge in [0.05, 0.1) is 6.10 Å². The molecule has 0 aromatic rings. The van der Waals surface area contributed by atoms with Crippen LogP contribution in [0.1, 0.15) is 12.8 Å². The first-order valence-corrected chi connectivity index (χ1v) is 5.32. The van der Waals surface area contributed by atoms with Crippen LogP contribution in [0, 0.1) is 0 Å². The number of aliphatic hydroxyl groups is 1. The van der Waals surface area contributed by atoms with Crippen molar-refractivity contribution in [3.63, 3.8) is 0 Å². The molecule has 0 aliphatic carbocycles. The third-order valence-electron chi connectivity index (χ3n) is 1.88. The van der Waals surface area contributed by atoms with Gasteiger partial charge in [0.1, 0.15) is 0 Å². The van der Waals surface area contributed by atoms with Crippen LogP contribution in [0.2, 0.25) is 0 Å². The first kappa shape index (κ1) is 8.74. The van der Waals surface area contributed by atoms with E-state index in [1.807, 2.05) is 0 Å². The van der Waals surface area contributed by atoms with Crippen LogP contribution in [-0.2, 0) is 0 Å². The number of hydrogen-bond donors (Lipinski definition) is 1. The Hall–Kier alpha value is 0.650. The summed E-state index contributed by atoms with van der Waals surface area (Å²) < 4.78 is 1.17. The molecular weight excluding hydrogens is 241 g/mol. The minimum Gasteiger partial charge on any atom is -0.392 e. The third kappa shape index (κ3) is 2.72. The Morgan fingerprint density at radius 1 is 1.60 bits per heavy atom. The van der Waals surface area contributed by atoms with Crippen molar-refractivity contribution in [2.75, 3.05) is 24.1 Å². The summed E-state index contributed by atoms with van der Waals surface area (Å²) in [4.78, 5) is 2.33. The highest BCUT2D eigenvalue weighted by Gasteiger charge is 2.15. The molecule has 0 amide bonds. The molecule has 60 valence electrons. The van der Waals surface area contributed by atoms with Crippen molar-refractivity contribution in [2.24, 2.45) is 0 Å². The van der Waals surface area contributed by atoms with Crippen LogP contribution in [0.5, 0.6) is 0 Å². The summed E-state index contributed by atoms with van der Waals surface area (Å²) in [5.41, 5.74) is 0. The molecule has 1 fully saturated rings. The second-order valence-electron chi connectivity index (χ2n) is 2.79. The van der Waals surface area contributed by atoms with E-state index in [1.54, 1.807) is 0 Å². The fraction of sp³-hybridized carbons (Fsp3) is 1.00. The Labute approximate surface area is 75.7 Å². The number of likely N-dealkylation sites (tertiary alicyclic amines) is 1. The third-order valence-corrected chi connectivity index (χ3v) is 2.36. The maximum absolute atomic E-state index is 9.26. The second kappa shape index (κ2) is 4.51. The topological polar surface area (TPSA) is 23.5 Å². The van der Waals surface area contributed by atoms with Gasteiger partial charge in [0.15, 0.2) is 0 Å². The molecule has 1 heterocycles. The Kier molecular flexibility index (Phi) is 3.95. The van der Waals surface area contributed by atoms with E-state index in [9.17, 15) is 5.11 Å². The molecule has 10 heavy (non-hydrogen) atoms. The number of rotatable bonds is 2. The molecule has 1 N–H and O–H groups in total. The number of alkyl halides is 1. The molecule has 1 saturated heterocycles. The highest BCUT2D eigenvalue weighted by molar-refractivity contribution is 14.1. The van der Waals surface area contributed by atoms with Crippen LogP contribution < -0.4 is 0 Å². The van der Waals surface area contributed by atoms with Gasteiger partial charge in [0.2, 0.25) is 0 Å². The van der Waals surface area contributed by atoms with E-state index >= 15 is 0 Å². The minimum atomic E-state index is -0.0586. The molecule has 1 atom stereocenters.